The topological polar surface area (TPSA) is 0 Å². The molecule has 2 atom stereocenters. The maximum absolute atomic E-state index is 3.72. The van der Waals surface area contributed by atoms with Crippen LogP contribution >= 0.6 is 15.9 Å². The lowest BCUT2D eigenvalue weighted by molar-refractivity contribution is 0.537. The minimum absolute atomic E-state index is 0.545. The fourth-order valence-electron chi connectivity index (χ4n) is 1.49. The highest BCUT2D eigenvalue weighted by molar-refractivity contribution is 9.09. The van der Waals surface area contributed by atoms with E-state index in [2.05, 4.69) is 36.4 Å². The third-order valence-electron chi connectivity index (χ3n) is 2.59. The molecule has 0 amide bonds. The zero-order valence-corrected chi connectivity index (χ0v) is 8.32. The van der Waals surface area contributed by atoms with Crippen LogP contribution in [0, 0.1) is 11.3 Å². The summed E-state index contributed by atoms with van der Waals surface area (Å²) in [7, 11) is 0. The van der Waals surface area contributed by atoms with Crippen molar-refractivity contribution in [3.05, 3.63) is 12.7 Å². The minimum atomic E-state index is 0.545. The second-order valence-corrected chi connectivity index (χ2v) is 4.68. The summed E-state index contributed by atoms with van der Waals surface area (Å²) in [6.07, 6.45) is 4.47. The molecule has 0 nitrogen and oxygen atoms in total. The molecule has 0 aliphatic heterocycles. The third-order valence-corrected chi connectivity index (χ3v) is 4.41. The maximum atomic E-state index is 3.72. The summed E-state index contributed by atoms with van der Waals surface area (Å²) >= 11 is 3.67. The zero-order chi connectivity index (χ0) is 7.78. The van der Waals surface area contributed by atoms with Gasteiger partial charge in [-0.05, 0) is 24.2 Å². The van der Waals surface area contributed by atoms with E-state index < -0.39 is 0 Å². The molecular weight excluding hydrogens is 188 g/mol. The van der Waals surface area contributed by atoms with E-state index in [1.807, 2.05) is 6.08 Å². The van der Waals surface area contributed by atoms with Crippen molar-refractivity contribution in [1.82, 2.24) is 0 Å². The number of halogens is 1. The van der Waals surface area contributed by atoms with Crippen LogP contribution in [-0.2, 0) is 0 Å². The lowest BCUT2D eigenvalue weighted by atomic mass is 10.1. The Hall–Kier alpha value is 0.220. The van der Waals surface area contributed by atoms with Gasteiger partial charge in [0.2, 0.25) is 0 Å². The Kier molecular flexibility index (Phi) is 2.24. The van der Waals surface area contributed by atoms with Gasteiger partial charge in [0.15, 0.2) is 0 Å². The van der Waals surface area contributed by atoms with Crippen LogP contribution in [0.2, 0.25) is 0 Å². The summed E-state index contributed by atoms with van der Waals surface area (Å²) in [5.74, 6) is 0.880. The molecule has 0 aromatic carbocycles. The molecule has 0 bridgehead atoms. The van der Waals surface area contributed by atoms with Gasteiger partial charge in [-0.2, -0.15) is 0 Å². The first-order valence-corrected chi connectivity index (χ1v) is 4.77. The minimum Gasteiger partial charge on any atom is -0.103 e. The zero-order valence-electron chi connectivity index (χ0n) is 6.73. The fourth-order valence-corrected chi connectivity index (χ4v) is 2.63. The highest BCUT2D eigenvalue weighted by atomic mass is 79.9. The Bertz CT molecular complexity index is 138. The molecule has 1 saturated carbocycles. The van der Waals surface area contributed by atoms with Crippen LogP contribution in [0.15, 0.2) is 12.7 Å². The number of hydrogen-bond acceptors (Lipinski definition) is 0. The first-order valence-electron chi connectivity index (χ1n) is 3.85. The van der Waals surface area contributed by atoms with Crippen molar-refractivity contribution in [2.45, 2.75) is 31.5 Å². The van der Waals surface area contributed by atoms with E-state index in [1.165, 1.54) is 6.42 Å². The van der Waals surface area contributed by atoms with E-state index in [1.54, 1.807) is 0 Å². The van der Waals surface area contributed by atoms with E-state index in [0.717, 1.165) is 17.2 Å². The van der Waals surface area contributed by atoms with Crippen molar-refractivity contribution >= 4 is 15.9 Å². The average Bonchev–Trinajstić information content (AvgIpc) is 2.31. The molecule has 1 heteroatoms. The van der Waals surface area contributed by atoms with Gasteiger partial charge in [-0.1, -0.05) is 35.9 Å². The van der Waals surface area contributed by atoms with Crippen LogP contribution in [-0.4, -0.2) is 4.83 Å². The van der Waals surface area contributed by atoms with Crippen molar-refractivity contribution in [2.75, 3.05) is 0 Å². The van der Waals surface area contributed by atoms with Gasteiger partial charge < -0.3 is 0 Å². The Labute approximate surface area is 71.8 Å². The molecule has 58 valence electrons. The second-order valence-electron chi connectivity index (χ2n) is 3.70. The molecule has 0 heterocycles. The lowest BCUT2D eigenvalue weighted by Crippen LogP contribution is -1.89. The van der Waals surface area contributed by atoms with Gasteiger partial charge in [0.1, 0.15) is 0 Å². The molecule has 1 fully saturated rings. The normalized spacial score (nSPS) is 35.5. The Balaban J connectivity index is 2.28. The van der Waals surface area contributed by atoms with E-state index in [9.17, 15) is 0 Å². The van der Waals surface area contributed by atoms with Gasteiger partial charge in [0, 0.05) is 4.83 Å². The summed E-state index contributed by atoms with van der Waals surface area (Å²) in [5, 5.41) is 0. The smallest absolute Gasteiger partial charge is 0.0233 e. The van der Waals surface area contributed by atoms with Gasteiger partial charge in [0.25, 0.3) is 0 Å². The molecule has 1 aliphatic rings. The number of rotatable bonds is 3. The van der Waals surface area contributed by atoms with Crippen molar-refractivity contribution in [1.29, 1.82) is 0 Å². The highest BCUT2D eigenvalue weighted by Crippen LogP contribution is 2.59. The van der Waals surface area contributed by atoms with Crippen molar-refractivity contribution in [2.24, 2.45) is 11.3 Å². The summed E-state index contributed by atoms with van der Waals surface area (Å²) in [5.41, 5.74) is 0.545. The molecule has 0 radical (unpaired) electrons. The fraction of sp³-hybridized carbons (Fsp3) is 0.778. The molecule has 10 heavy (non-hydrogen) atoms. The van der Waals surface area contributed by atoms with Crippen LogP contribution in [0.5, 0.6) is 0 Å². The summed E-state index contributed by atoms with van der Waals surface area (Å²) in [6, 6.07) is 0. The second kappa shape index (κ2) is 2.69. The molecule has 1 rings (SSSR count). The Morgan fingerprint density at radius 2 is 2.10 bits per heavy atom. The first kappa shape index (κ1) is 8.32. The Morgan fingerprint density at radius 1 is 1.60 bits per heavy atom. The molecule has 2 unspecified atom stereocenters. The summed E-state index contributed by atoms with van der Waals surface area (Å²) in [4.78, 5) is 0.750. The SMILES string of the molecule is C=CCCC1C(Br)C1(C)C. The predicted molar refractivity (Wildman–Crippen MR) is 49.4 cm³/mol. The quantitative estimate of drug-likeness (QED) is 0.487. The van der Waals surface area contributed by atoms with Gasteiger partial charge in [-0.25, -0.2) is 0 Å². The molecule has 0 N–H and O–H groups in total. The van der Waals surface area contributed by atoms with Crippen LogP contribution in [0.3, 0.4) is 0 Å². The summed E-state index contributed by atoms with van der Waals surface area (Å²) < 4.78 is 0. The first-order chi connectivity index (χ1) is 4.60. The number of allylic oxidation sites excluding steroid dienone is 1. The van der Waals surface area contributed by atoms with Crippen LogP contribution in [0.25, 0.3) is 0 Å². The van der Waals surface area contributed by atoms with Gasteiger partial charge in [0.05, 0.1) is 0 Å². The van der Waals surface area contributed by atoms with Crippen LogP contribution < -0.4 is 0 Å². The largest absolute Gasteiger partial charge is 0.103 e. The van der Waals surface area contributed by atoms with Gasteiger partial charge in [-0.15, -0.1) is 6.58 Å². The average molecular weight is 203 g/mol. The lowest BCUT2D eigenvalue weighted by Gasteiger charge is -1.98. The molecule has 1 aliphatic carbocycles. The summed E-state index contributed by atoms with van der Waals surface area (Å²) in [6.45, 7) is 8.36. The van der Waals surface area contributed by atoms with Crippen molar-refractivity contribution in [3.8, 4) is 0 Å². The highest BCUT2D eigenvalue weighted by Gasteiger charge is 2.55. The van der Waals surface area contributed by atoms with E-state index >= 15 is 0 Å². The van der Waals surface area contributed by atoms with Gasteiger partial charge in [-0.3, -0.25) is 0 Å². The van der Waals surface area contributed by atoms with E-state index in [4.69, 9.17) is 0 Å². The van der Waals surface area contributed by atoms with Crippen LogP contribution in [0.1, 0.15) is 26.7 Å². The molecule has 0 saturated heterocycles. The number of alkyl halides is 1. The number of hydrogen-bond donors (Lipinski definition) is 0. The predicted octanol–water partition coefficient (Wildman–Crippen LogP) is 3.37. The van der Waals surface area contributed by atoms with E-state index in [-0.39, 0.29) is 0 Å². The molecule has 0 aromatic rings. The Morgan fingerprint density at radius 3 is 2.40 bits per heavy atom. The monoisotopic (exact) mass is 202 g/mol. The maximum Gasteiger partial charge on any atom is 0.0233 e. The van der Waals surface area contributed by atoms with Crippen LogP contribution in [0.4, 0.5) is 0 Å². The molecular formula is C9H15Br. The molecule has 0 aromatic heterocycles. The standard InChI is InChI=1S/C9H15Br/c1-4-5-6-7-8(10)9(7,2)3/h4,7-8H,1,5-6H2,2-3H3. The van der Waals surface area contributed by atoms with Gasteiger partial charge >= 0.3 is 0 Å². The van der Waals surface area contributed by atoms with E-state index in [0.29, 0.717) is 5.41 Å². The molecule has 0 spiro atoms. The van der Waals surface area contributed by atoms with Crippen molar-refractivity contribution in [3.63, 3.8) is 0 Å². The third kappa shape index (κ3) is 1.29. The van der Waals surface area contributed by atoms with Crippen molar-refractivity contribution < 1.29 is 0 Å².